The number of ether oxygens (including phenoxy) is 1. The van der Waals surface area contributed by atoms with Crippen LogP contribution in [0.3, 0.4) is 0 Å². The molecule has 3 rings (SSSR count). The van der Waals surface area contributed by atoms with Crippen molar-refractivity contribution in [2.75, 3.05) is 13.2 Å². The molecule has 0 N–H and O–H groups in total. The van der Waals surface area contributed by atoms with Gasteiger partial charge < -0.3 is 4.74 Å². The molecular weight excluding hydrogens is 271 g/mol. The molecule has 0 aliphatic carbocycles. The number of aromatic nitrogens is 2. The average molecular weight is 288 g/mol. The molecule has 0 atom stereocenters. The van der Waals surface area contributed by atoms with Gasteiger partial charge in [0.05, 0.1) is 6.20 Å². The maximum Gasteiger partial charge on any atom is 0.250 e. The number of nitrogens with zero attached hydrogens (tertiary/aromatic N) is 2. The van der Waals surface area contributed by atoms with Crippen molar-refractivity contribution in [3.63, 3.8) is 0 Å². The number of rotatable bonds is 2. The monoisotopic (exact) mass is 288 g/mol. The lowest BCUT2D eigenvalue weighted by atomic mass is 9.99. The lowest BCUT2D eigenvalue weighted by Crippen LogP contribution is -2.28. The lowest BCUT2D eigenvalue weighted by Gasteiger charge is -2.20. The number of hydrogen-bond donors (Lipinski definition) is 0. The van der Waals surface area contributed by atoms with E-state index in [1.54, 1.807) is 25.4 Å². The van der Waals surface area contributed by atoms with Crippen molar-refractivity contribution >= 4 is 5.91 Å². The molecule has 1 aliphatic heterocycles. The zero-order chi connectivity index (χ0) is 14.8. The molecule has 0 amide bonds. The smallest absolute Gasteiger partial charge is 0.250 e. The van der Waals surface area contributed by atoms with Gasteiger partial charge in [-0.05, 0) is 37.0 Å². The third-order valence-corrected chi connectivity index (χ3v) is 3.88. The molecule has 0 saturated carbocycles. The molecule has 1 aliphatic rings. The summed E-state index contributed by atoms with van der Waals surface area (Å²) >= 11 is 0. The summed E-state index contributed by atoms with van der Waals surface area (Å²) in [5.41, 5.74) is 2.07. The SMILES string of the molecule is Cc1ccc(-c2cnn(C(=O)C3CCOCC3)c2)cc1F. The Labute approximate surface area is 122 Å². The first kappa shape index (κ1) is 13.9. The normalized spacial score (nSPS) is 16.1. The Morgan fingerprint density at radius 1 is 1.33 bits per heavy atom. The predicted molar refractivity (Wildman–Crippen MR) is 76.5 cm³/mol. The number of hydrogen-bond acceptors (Lipinski definition) is 3. The van der Waals surface area contributed by atoms with Crippen molar-refractivity contribution in [3.05, 3.63) is 42.0 Å². The van der Waals surface area contributed by atoms with E-state index in [9.17, 15) is 9.18 Å². The zero-order valence-corrected chi connectivity index (χ0v) is 11.9. The van der Waals surface area contributed by atoms with Crippen molar-refractivity contribution in [2.24, 2.45) is 5.92 Å². The Morgan fingerprint density at radius 3 is 2.81 bits per heavy atom. The van der Waals surface area contributed by atoms with Crippen LogP contribution in [0.15, 0.2) is 30.6 Å². The van der Waals surface area contributed by atoms with Crippen molar-refractivity contribution in [1.29, 1.82) is 0 Å². The molecule has 2 aromatic rings. The largest absolute Gasteiger partial charge is 0.381 e. The van der Waals surface area contributed by atoms with E-state index in [1.165, 1.54) is 10.7 Å². The van der Waals surface area contributed by atoms with Gasteiger partial charge in [-0.25, -0.2) is 9.07 Å². The van der Waals surface area contributed by atoms with Gasteiger partial charge in [-0.2, -0.15) is 5.10 Å². The van der Waals surface area contributed by atoms with E-state index in [4.69, 9.17) is 4.74 Å². The van der Waals surface area contributed by atoms with Crippen LogP contribution in [0.1, 0.15) is 23.2 Å². The first-order valence-electron chi connectivity index (χ1n) is 7.08. The van der Waals surface area contributed by atoms with E-state index in [-0.39, 0.29) is 17.6 Å². The van der Waals surface area contributed by atoms with E-state index < -0.39 is 0 Å². The maximum absolute atomic E-state index is 13.6. The van der Waals surface area contributed by atoms with Gasteiger partial charge in [-0.15, -0.1) is 0 Å². The van der Waals surface area contributed by atoms with Crippen LogP contribution in [0.2, 0.25) is 0 Å². The second-order valence-corrected chi connectivity index (χ2v) is 5.36. The zero-order valence-electron chi connectivity index (χ0n) is 11.9. The Balaban J connectivity index is 1.82. The summed E-state index contributed by atoms with van der Waals surface area (Å²) in [5, 5.41) is 4.12. The lowest BCUT2D eigenvalue weighted by molar-refractivity contribution is 0.0475. The number of carbonyl (C=O) groups excluding carboxylic acids is 1. The summed E-state index contributed by atoms with van der Waals surface area (Å²) in [7, 11) is 0. The van der Waals surface area contributed by atoms with Gasteiger partial charge in [-0.1, -0.05) is 12.1 Å². The van der Waals surface area contributed by atoms with Crippen LogP contribution in [0.5, 0.6) is 0 Å². The summed E-state index contributed by atoms with van der Waals surface area (Å²) < 4.78 is 20.2. The van der Waals surface area contributed by atoms with Crippen LogP contribution >= 0.6 is 0 Å². The molecule has 1 saturated heterocycles. The summed E-state index contributed by atoms with van der Waals surface area (Å²) in [4.78, 5) is 12.3. The minimum atomic E-state index is -0.254. The molecule has 1 aromatic heterocycles. The number of carbonyl (C=O) groups is 1. The van der Waals surface area contributed by atoms with Gasteiger partial charge in [0, 0.05) is 30.9 Å². The third-order valence-electron chi connectivity index (χ3n) is 3.88. The van der Waals surface area contributed by atoms with E-state index in [0.717, 1.165) is 24.0 Å². The van der Waals surface area contributed by atoms with Gasteiger partial charge in [0.25, 0.3) is 0 Å². The molecule has 0 radical (unpaired) electrons. The summed E-state index contributed by atoms with van der Waals surface area (Å²) in [6.07, 6.45) is 4.73. The topological polar surface area (TPSA) is 44.1 Å². The molecular formula is C16H17FN2O2. The van der Waals surface area contributed by atoms with E-state index in [2.05, 4.69) is 5.10 Å². The fourth-order valence-electron chi connectivity index (χ4n) is 2.50. The molecule has 110 valence electrons. The molecule has 0 bridgehead atoms. The highest BCUT2D eigenvalue weighted by Gasteiger charge is 2.23. The predicted octanol–water partition coefficient (Wildman–Crippen LogP) is 3.06. The highest BCUT2D eigenvalue weighted by Crippen LogP contribution is 2.23. The standard InChI is InChI=1S/C16H17FN2O2/c1-11-2-3-13(8-15(11)17)14-9-18-19(10-14)16(20)12-4-6-21-7-5-12/h2-3,8-10,12H,4-7H2,1H3. The Kier molecular flexibility index (Phi) is 3.84. The van der Waals surface area contributed by atoms with Gasteiger partial charge in [-0.3, -0.25) is 4.79 Å². The van der Waals surface area contributed by atoms with Gasteiger partial charge in [0.1, 0.15) is 5.82 Å². The van der Waals surface area contributed by atoms with Crippen LogP contribution in [-0.2, 0) is 4.74 Å². The van der Waals surface area contributed by atoms with E-state index in [0.29, 0.717) is 18.8 Å². The third kappa shape index (κ3) is 2.88. The van der Waals surface area contributed by atoms with E-state index in [1.807, 2.05) is 6.07 Å². The molecule has 21 heavy (non-hydrogen) atoms. The minimum absolute atomic E-state index is 0.0165. The van der Waals surface area contributed by atoms with Crippen molar-refractivity contribution in [1.82, 2.24) is 9.78 Å². The number of aryl methyl sites for hydroxylation is 1. The second-order valence-electron chi connectivity index (χ2n) is 5.36. The van der Waals surface area contributed by atoms with Crippen molar-refractivity contribution in [2.45, 2.75) is 19.8 Å². The first-order chi connectivity index (χ1) is 10.1. The van der Waals surface area contributed by atoms with Crippen LogP contribution in [0.4, 0.5) is 4.39 Å². The number of halogens is 1. The fourth-order valence-corrected chi connectivity index (χ4v) is 2.50. The summed E-state index contributed by atoms with van der Waals surface area (Å²) in [6.45, 7) is 2.96. The first-order valence-corrected chi connectivity index (χ1v) is 7.08. The number of benzene rings is 1. The minimum Gasteiger partial charge on any atom is -0.381 e. The highest BCUT2D eigenvalue weighted by atomic mass is 19.1. The van der Waals surface area contributed by atoms with Crippen LogP contribution in [0.25, 0.3) is 11.1 Å². The summed E-state index contributed by atoms with van der Waals surface area (Å²) in [5.74, 6) is -0.311. The highest BCUT2D eigenvalue weighted by molar-refractivity contribution is 5.81. The fraction of sp³-hybridized carbons (Fsp3) is 0.375. The van der Waals surface area contributed by atoms with Crippen LogP contribution in [0, 0.1) is 18.7 Å². The maximum atomic E-state index is 13.6. The van der Waals surface area contributed by atoms with Gasteiger partial charge >= 0.3 is 0 Å². The molecule has 2 heterocycles. The molecule has 0 spiro atoms. The molecule has 0 unspecified atom stereocenters. The molecule has 5 heteroatoms. The second kappa shape index (κ2) is 5.77. The van der Waals surface area contributed by atoms with Gasteiger partial charge in [0.15, 0.2) is 0 Å². The van der Waals surface area contributed by atoms with Crippen molar-refractivity contribution in [3.8, 4) is 11.1 Å². The summed E-state index contributed by atoms with van der Waals surface area (Å²) in [6, 6.07) is 5.02. The van der Waals surface area contributed by atoms with Crippen LogP contribution in [-0.4, -0.2) is 28.9 Å². The molecule has 1 aromatic carbocycles. The van der Waals surface area contributed by atoms with Gasteiger partial charge in [0.2, 0.25) is 5.91 Å². The average Bonchev–Trinajstić information content (AvgIpc) is 3.00. The van der Waals surface area contributed by atoms with Crippen LogP contribution < -0.4 is 0 Å². The Morgan fingerprint density at radius 2 is 2.10 bits per heavy atom. The quantitative estimate of drug-likeness (QED) is 0.853. The Bertz CT molecular complexity index is 660. The Hall–Kier alpha value is -2.01. The molecule has 4 nitrogen and oxygen atoms in total. The molecule has 1 fully saturated rings. The van der Waals surface area contributed by atoms with Crippen molar-refractivity contribution < 1.29 is 13.9 Å². The van der Waals surface area contributed by atoms with E-state index >= 15 is 0 Å².